The van der Waals surface area contributed by atoms with Gasteiger partial charge in [0.05, 0.1) is 0 Å². The second-order valence-electron chi connectivity index (χ2n) is 22.4. The summed E-state index contributed by atoms with van der Waals surface area (Å²) in [6, 6.07) is 0. The molecule has 0 aliphatic carbocycles. The molecule has 1 atom stereocenters. The summed E-state index contributed by atoms with van der Waals surface area (Å²) in [6.07, 6.45) is 92.5. The van der Waals surface area contributed by atoms with Crippen molar-refractivity contribution >= 4 is 17.9 Å². The molecule has 0 saturated carbocycles. The van der Waals surface area contributed by atoms with E-state index >= 15 is 0 Å². The largest absolute Gasteiger partial charge is 0.462 e. The third-order valence-electron chi connectivity index (χ3n) is 14.5. The first-order valence-corrected chi connectivity index (χ1v) is 33.9. The van der Waals surface area contributed by atoms with E-state index in [0.29, 0.717) is 19.3 Å². The van der Waals surface area contributed by atoms with Crippen molar-refractivity contribution in [2.45, 2.75) is 329 Å². The summed E-state index contributed by atoms with van der Waals surface area (Å²) >= 11 is 0. The molecule has 0 spiro atoms. The molecule has 0 N–H and O–H groups in total. The number of unbranched alkanes of at least 4 members (excludes halogenated alkanes) is 32. The van der Waals surface area contributed by atoms with Crippen LogP contribution >= 0.6 is 0 Å². The molecule has 6 heteroatoms. The van der Waals surface area contributed by atoms with Crippen LogP contribution in [0.25, 0.3) is 0 Å². The molecule has 0 aliphatic rings. The van der Waals surface area contributed by atoms with Crippen LogP contribution in [-0.4, -0.2) is 37.2 Å². The Morgan fingerprint density at radius 1 is 0.263 bits per heavy atom. The predicted octanol–water partition coefficient (Wildman–Crippen LogP) is 23.4. The molecule has 458 valence electrons. The molecule has 0 aromatic carbocycles. The van der Waals surface area contributed by atoms with Crippen LogP contribution in [0.4, 0.5) is 0 Å². The van der Waals surface area contributed by atoms with Crippen molar-refractivity contribution in [3.8, 4) is 0 Å². The van der Waals surface area contributed by atoms with E-state index in [1.165, 1.54) is 161 Å². The van der Waals surface area contributed by atoms with Crippen LogP contribution in [0.5, 0.6) is 0 Å². The Balaban J connectivity index is 4.34. The Morgan fingerprint density at radius 3 is 0.762 bits per heavy atom. The van der Waals surface area contributed by atoms with E-state index in [2.05, 4.69) is 130 Å². The molecule has 0 amide bonds. The topological polar surface area (TPSA) is 78.9 Å². The third-order valence-corrected chi connectivity index (χ3v) is 14.5. The fourth-order valence-corrected chi connectivity index (χ4v) is 9.50. The maximum absolute atomic E-state index is 12.9. The molecule has 0 radical (unpaired) electrons. The van der Waals surface area contributed by atoms with Gasteiger partial charge in [0.25, 0.3) is 0 Å². The maximum Gasteiger partial charge on any atom is 0.306 e. The number of hydrogen-bond acceptors (Lipinski definition) is 6. The van der Waals surface area contributed by atoms with E-state index in [-0.39, 0.29) is 31.1 Å². The molecule has 0 saturated heterocycles. The van der Waals surface area contributed by atoms with E-state index in [1.54, 1.807) is 0 Å². The van der Waals surface area contributed by atoms with Crippen LogP contribution in [-0.2, 0) is 28.6 Å². The standard InChI is InChI=1S/C74H126O6/c1-4-7-10-13-16-19-22-25-27-29-31-32-33-34-35-36-37-38-39-40-41-42-44-45-47-49-52-55-58-61-64-67-73(76)79-70-71(69-78-72(75)66-63-60-57-54-51-24-21-18-15-12-9-6-3)80-74(77)68-65-62-59-56-53-50-48-46-43-30-28-26-23-20-17-14-11-8-5-2/h7,10,16,19,25,27,31-32,34-35,37-38,40-41,44-45,49,52,71H,4-6,8-9,11-15,17-18,20-24,26,28-30,33,36,39,42-43,46-48,50-51,53-70H2,1-3H3/b10-7-,19-16-,27-25-,32-31-,35-34-,38-37-,41-40-,45-44-,52-49-. The third kappa shape index (κ3) is 64.9. The lowest BCUT2D eigenvalue weighted by atomic mass is 10.0. The van der Waals surface area contributed by atoms with Crippen LogP contribution < -0.4 is 0 Å². The fourth-order valence-electron chi connectivity index (χ4n) is 9.50. The Hall–Kier alpha value is -3.93. The van der Waals surface area contributed by atoms with Gasteiger partial charge >= 0.3 is 17.9 Å². The molecule has 0 fully saturated rings. The minimum atomic E-state index is -0.791. The monoisotopic (exact) mass is 1110 g/mol. The van der Waals surface area contributed by atoms with E-state index in [1.807, 2.05) is 0 Å². The molecule has 0 rings (SSSR count). The highest BCUT2D eigenvalue weighted by Gasteiger charge is 2.19. The maximum atomic E-state index is 12.9. The predicted molar refractivity (Wildman–Crippen MR) is 348 cm³/mol. The number of carbonyl (C=O) groups excluding carboxylic acids is 3. The average molecular weight is 1110 g/mol. The second kappa shape index (κ2) is 67.6. The number of rotatable bonds is 61. The first-order chi connectivity index (χ1) is 39.5. The minimum Gasteiger partial charge on any atom is -0.462 e. The van der Waals surface area contributed by atoms with Gasteiger partial charge in [0.15, 0.2) is 6.10 Å². The molecule has 0 bridgehead atoms. The van der Waals surface area contributed by atoms with Crippen LogP contribution in [0.1, 0.15) is 323 Å². The van der Waals surface area contributed by atoms with Gasteiger partial charge in [-0.3, -0.25) is 14.4 Å². The molecule has 6 nitrogen and oxygen atoms in total. The number of esters is 3. The van der Waals surface area contributed by atoms with Crippen LogP contribution in [0.2, 0.25) is 0 Å². The van der Waals surface area contributed by atoms with Crippen molar-refractivity contribution < 1.29 is 28.6 Å². The normalized spacial score (nSPS) is 12.8. The molecule has 0 aromatic heterocycles. The van der Waals surface area contributed by atoms with Crippen LogP contribution in [0.15, 0.2) is 109 Å². The van der Waals surface area contributed by atoms with Gasteiger partial charge in [0.2, 0.25) is 0 Å². The SMILES string of the molecule is CC/C=C\C/C=C\C/C=C\C/C=C\C/C=C\C/C=C\C/C=C\C/C=C\C/C=C\CCCCCC(=O)OCC(COC(=O)CCCCCCCCCCCCCC)OC(=O)CCCCCCCCCCCCCCCCCCCCC. The number of hydrogen-bond donors (Lipinski definition) is 0. The van der Waals surface area contributed by atoms with Gasteiger partial charge in [-0.25, -0.2) is 0 Å². The first kappa shape index (κ1) is 76.1. The van der Waals surface area contributed by atoms with Gasteiger partial charge in [0, 0.05) is 19.3 Å². The van der Waals surface area contributed by atoms with Crippen molar-refractivity contribution in [3.63, 3.8) is 0 Å². The summed E-state index contributed by atoms with van der Waals surface area (Å²) in [5.74, 6) is -0.906. The summed E-state index contributed by atoms with van der Waals surface area (Å²) in [5, 5.41) is 0. The Morgan fingerprint density at radius 2 is 0.487 bits per heavy atom. The summed E-state index contributed by atoms with van der Waals surface area (Å²) in [6.45, 7) is 6.53. The lowest BCUT2D eigenvalue weighted by Crippen LogP contribution is -2.30. The van der Waals surface area contributed by atoms with E-state index in [9.17, 15) is 14.4 Å². The van der Waals surface area contributed by atoms with Crippen LogP contribution in [0, 0.1) is 0 Å². The van der Waals surface area contributed by atoms with Gasteiger partial charge in [-0.1, -0.05) is 323 Å². The molecule has 0 aliphatic heterocycles. The van der Waals surface area contributed by atoms with E-state index in [4.69, 9.17) is 14.2 Å². The lowest BCUT2D eigenvalue weighted by Gasteiger charge is -2.18. The highest BCUT2D eigenvalue weighted by Crippen LogP contribution is 2.17. The van der Waals surface area contributed by atoms with E-state index in [0.717, 1.165) is 122 Å². The average Bonchev–Trinajstić information content (AvgIpc) is 3.46. The van der Waals surface area contributed by atoms with E-state index < -0.39 is 6.10 Å². The molecule has 80 heavy (non-hydrogen) atoms. The van der Waals surface area contributed by atoms with Gasteiger partial charge in [-0.15, -0.1) is 0 Å². The smallest absolute Gasteiger partial charge is 0.306 e. The van der Waals surface area contributed by atoms with Gasteiger partial charge < -0.3 is 14.2 Å². The van der Waals surface area contributed by atoms with Crippen molar-refractivity contribution in [2.75, 3.05) is 13.2 Å². The highest BCUT2D eigenvalue weighted by molar-refractivity contribution is 5.71. The second-order valence-corrected chi connectivity index (χ2v) is 22.4. The Bertz CT molecular complexity index is 1610. The van der Waals surface area contributed by atoms with Crippen molar-refractivity contribution in [1.82, 2.24) is 0 Å². The van der Waals surface area contributed by atoms with Crippen molar-refractivity contribution in [2.24, 2.45) is 0 Å². The van der Waals surface area contributed by atoms with Crippen molar-refractivity contribution in [1.29, 1.82) is 0 Å². The number of allylic oxidation sites excluding steroid dienone is 18. The molecule has 0 heterocycles. The van der Waals surface area contributed by atoms with Crippen molar-refractivity contribution in [3.05, 3.63) is 109 Å². The quantitative estimate of drug-likeness (QED) is 0.0261. The zero-order valence-electron chi connectivity index (χ0n) is 52.6. The molecular formula is C74H126O6. The lowest BCUT2D eigenvalue weighted by molar-refractivity contribution is -0.167. The fraction of sp³-hybridized carbons (Fsp3) is 0.716. The summed E-state index contributed by atoms with van der Waals surface area (Å²) < 4.78 is 16.9. The number of carbonyl (C=O) groups is 3. The molecule has 0 aromatic rings. The zero-order chi connectivity index (χ0) is 57.8. The summed E-state index contributed by atoms with van der Waals surface area (Å²) in [7, 11) is 0. The van der Waals surface area contributed by atoms with Gasteiger partial charge in [-0.05, 0) is 89.9 Å². The summed E-state index contributed by atoms with van der Waals surface area (Å²) in [5.41, 5.74) is 0. The summed E-state index contributed by atoms with van der Waals surface area (Å²) in [4.78, 5) is 38.3. The first-order valence-electron chi connectivity index (χ1n) is 33.9. The Kier molecular flexibility index (Phi) is 64.3. The van der Waals surface area contributed by atoms with Gasteiger partial charge in [0.1, 0.15) is 13.2 Å². The number of ether oxygens (including phenoxy) is 3. The zero-order valence-corrected chi connectivity index (χ0v) is 52.6. The van der Waals surface area contributed by atoms with Crippen LogP contribution in [0.3, 0.4) is 0 Å². The Labute approximate surface area is 495 Å². The van der Waals surface area contributed by atoms with Gasteiger partial charge in [-0.2, -0.15) is 0 Å². The minimum absolute atomic E-state index is 0.0847. The molecular weight excluding hydrogens is 985 g/mol. The highest BCUT2D eigenvalue weighted by atomic mass is 16.6. The molecule has 1 unspecified atom stereocenters.